The van der Waals surface area contributed by atoms with Crippen LogP contribution in [0.1, 0.15) is 60.5 Å². The number of pyridine rings is 1. The highest BCUT2D eigenvalue weighted by molar-refractivity contribution is 6.74. The number of allylic oxidation sites excluding steroid dienone is 1. The van der Waals surface area contributed by atoms with Crippen LogP contribution < -0.4 is 0 Å². The maximum atomic E-state index is 11.6. The van der Waals surface area contributed by atoms with E-state index in [2.05, 4.69) is 85.7 Å². The normalized spacial score (nSPS) is 23.1. The van der Waals surface area contributed by atoms with Gasteiger partial charge in [0.15, 0.2) is 16.6 Å². The van der Waals surface area contributed by atoms with Crippen LogP contribution in [0.2, 0.25) is 36.3 Å². The van der Waals surface area contributed by atoms with Gasteiger partial charge < -0.3 is 8.85 Å². The van der Waals surface area contributed by atoms with E-state index in [1.54, 1.807) is 12.3 Å². The molecule has 0 spiro atoms. The molecule has 1 aliphatic rings. The second kappa shape index (κ2) is 9.12. The van der Waals surface area contributed by atoms with Crippen molar-refractivity contribution in [2.75, 3.05) is 0 Å². The van der Waals surface area contributed by atoms with Crippen LogP contribution in [0.5, 0.6) is 0 Å². The van der Waals surface area contributed by atoms with Crippen LogP contribution in [-0.2, 0) is 8.85 Å². The SMILES string of the molecule is C[C@H]1CC(c2ccncc2[N+](=O)[O-])=C[C@H](O[Si](C)(C)C(C)(C)C)[C@H]1O[Si](C)(C)C(C)(C)C. The Morgan fingerprint density at radius 3 is 2.06 bits per heavy atom. The molecule has 1 aliphatic carbocycles. The van der Waals surface area contributed by atoms with Crippen LogP contribution in [0.25, 0.3) is 5.57 Å². The summed E-state index contributed by atoms with van der Waals surface area (Å²) < 4.78 is 13.8. The van der Waals surface area contributed by atoms with Crippen molar-refractivity contribution in [1.82, 2.24) is 4.98 Å². The molecular weight excluding hydrogens is 436 g/mol. The zero-order valence-corrected chi connectivity index (χ0v) is 23.8. The number of rotatable bonds is 6. The van der Waals surface area contributed by atoms with Gasteiger partial charge in [-0.25, -0.2) is 0 Å². The molecule has 0 N–H and O–H groups in total. The van der Waals surface area contributed by atoms with E-state index in [-0.39, 0.29) is 38.8 Å². The van der Waals surface area contributed by atoms with Crippen molar-refractivity contribution < 1.29 is 13.8 Å². The molecule has 2 rings (SSSR count). The van der Waals surface area contributed by atoms with Gasteiger partial charge in [0, 0.05) is 6.20 Å². The lowest BCUT2D eigenvalue weighted by molar-refractivity contribution is -0.385. The van der Waals surface area contributed by atoms with Gasteiger partial charge in [-0.3, -0.25) is 15.1 Å². The molecule has 6 nitrogen and oxygen atoms in total. The van der Waals surface area contributed by atoms with Crippen molar-refractivity contribution >= 4 is 27.9 Å². The fourth-order valence-corrected chi connectivity index (χ4v) is 6.11. The maximum absolute atomic E-state index is 11.6. The Balaban J connectivity index is 2.56. The summed E-state index contributed by atoms with van der Waals surface area (Å²) in [7, 11) is -4.15. The van der Waals surface area contributed by atoms with Gasteiger partial charge >= 0.3 is 0 Å². The molecule has 0 radical (unpaired) electrons. The van der Waals surface area contributed by atoms with Crippen molar-refractivity contribution in [3.63, 3.8) is 0 Å². The predicted molar refractivity (Wildman–Crippen MR) is 137 cm³/mol. The number of aromatic nitrogens is 1. The van der Waals surface area contributed by atoms with Crippen LogP contribution in [0, 0.1) is 16.0 Å². The van der Waals surface area contributed by atoms with Gasteiger partial charge in [-0.2, -0.15) is 0 Å². The Hall–Kier alpha value is -1.36. The van der Waals surface area contributed by atoms with Crippen LogP contribution in [0.15, 0.2) is 24.5 Å². The van der Waals surface area contributed by atoms with Gasteiger partial charge in [0.25, 0.3) is 5.69 Å². The molecule has 1 heterocycles. The van der Waals surface area contributed by atoms with E-state index in [4.69, 9.17) is 8.85 Å². The molecule has 0 aromatic carbocycles. The summed E-state index contributed by atoms with van der Waals surface area (Å²) in [6, 6.07) is 1.75. The Kier molecular flexibility index (Phi) is 7.66. The summed E-state index contributed by atoms with van der Waals surface area (Å²) in [5, 5.41) is 11.8. The van der Waals surface area contributed by atoms with Crippen molar-refractivity contribution in [2.24, 2.45) is 5.92 Å². The molecule has 0 bridgehead atoms. The van der Waals surface area contributed by atoms with Gasteiger partial charge in [-0.05, 0) is 60.2 Å². The van der Waals surface area contributed by atoms with Gasteiger partial charge in [-0.1, -0.05) is 54.5 Å². The van der Waals surface area contributed by atoms with E-state index in [0.29, 0.717) is 12.0 Å². The largest absolute Gasteiger partial charge is 0.411 e. The van der Waals surface area contributed by atoms with Gasteiger partial charge in [0.1, 0.15) is 6.20 Å². The molecular formula is C24H42N2O4Si2. The maximum Gasteiger partial charge on any atom is 0.294 e. The summed E-state index contributed by atoms with van der Waals surface area (Å²) in [6.45, 7) is 24.7. The summed E-state index contributed by atoms with van der Waals surface area (Å²) in [5.41, 5.74) is 1.62. The van der Waals surface area contributed by atoms with Gasteiger partial charge in [-0.15, -0.1) is 0 Å². The highest BCUT2D eigenvalue weighted by Crippen LogP contribution is 2.45. The molecule has 1 aromatic heterocycles. The monoisotopic (exact) mass is 478 g/mol. The van der Waals surface area contributed by atoms with Crippen LogP contribution in [0.3, 0.4) is 0 Å². The third kappa shape index (κ3) is 5.76. The molecule has 0 amide bonds. The number of nitrogens with zero attached hydrogens (tertiary/aromatic N) is 2. The lowest BCUT2D eigenvalue weighted by atomic mass is 9.83. The minimum atomic E-state index is -2.11. The van der Waals surface area contributed by atoms with Crippen LogP contribution >= 0.6 is 0 Å². The molecule has 1 aromatic rings. The molecule has 180 valence electrons. The van der Waals surface area contributed by atoms with Gasteiger partial charge in [0.2, 0.25) is 0 Å². The second-order valence-corrected chi connectivity index (χ2v) is 21.7. The Labute approximate surface area is 196 Å². The van der Waals surface area contributed by atoms with E-state index in [9.17, 15) is 10.1 Å². The predicted octanol–water partition coefficient (Wildman–Crippen LogP) is 7.19. The zero-order valence-electron chi connectivity index (χ0n) is 21.8. The van der Waals surface area contributed by atoms with Crippen molar-refractivity contribution in [2.45, 2.75) is 103 Å². The average molecular weight is 479 g/mol. The number of nitro groups is 1. The molecule has 8 heteroatoms. The summed E-state index contributed by atoms with van der Waals surface area (Å²) in [5.74, 6) is 0.173. The first-order valence-corrected chi connectivity index (χ1v) is 17.3. The third-order valence-electron chi connectivity index (χ3n) is 7.61. The highest BCUT2D eigenvalue weighted by atomic mass is 28.4. The Bertz CT molecular complexity index is 869. The molecule has 0 saturated heterocycles. The van der Waals surface area contributed by atoms with Crippen LogP contribution in [-0.4, -0.2) is 38.8 Å². The minimum Gasteiger partial charge on any atom is -0.411 e. The first-order chi connectivity index (χ1) is 14.4. The lowest BCUT2D eigenvalue weighted by Crippen LogP contribution is -2.54. The first-order valence-electron chi connectivity index (χ1n) is 11.5. The van der Waals surface area contributed by atoms with Gasteiger partial charge in [0.05, 0.1) is 22.7 Å². The fraction of sp³-hybridized carbons (Fsp3) is 0.708. The number of hydrogen-bond acceptors (Lipinski definition) is 5. The highest BCUT2D eigenvalue weighted by Gasteiger charge is 2.47. The van der Waals surface area contributed by atoms with E-state index in [1.807, 2.05) is 0 Å². The van der Waals surface area contributed by atoms with Crippen molar-refractivity contribution in [3.05, 3.63) is 40.2 Å². The lowest BCUT2D eigenvalue weighted by Gasteiger charge is -2.47. The summed E-state index contributed by atoms with van der Waals surface area (Å²) in [4.78, 5) is 15.3. The van der Waals surface area contributed by atoms with E-state index in [0.717, 1.165) is 5.57 Å². The topological polar surface area (TPSA) is 74.5 Å². The fourth-order valence-electron chi connectivity index (χ4n) is 3.47. The number of hydrogen-bond donors (Lipinski definition) is 0. The smallest absolute Gasteiger partial charge is 0.294 e. The van der Waals surface area contributed by atoms with E-state index < -0.39 is 16.6 Å². The molecule has 0 aliphatic heterocycles. The van der Waals surface area contributed by atoms with E-state index >= 15 is 0 Å². The standard InChI is InChI=1S/C24H42N2O4Si2/c1-17-14-18(19-12-13-25-16-20(19)26(27)28)15-21(29-31(8,9)23(2,3)4)22(17)30-32(10,11)24(5,6)7/h12-13,15-17,21-22H,14H2,1-11H3/t17-,21-,22-/m0/s1. The minimum absolute atomic E-state index is 0.0424. The Morgan fingerprint density at radius 2 is 1.56 bits per heavy atom. The van der Waals surface area contributed by atoms with E-state index in [1.165, 1.54) is 6.20 Å². The first kappa shape index (κ1) is 26.9. The van der Waals surface area contributed by atoms with Crippen molar-refractivity contribution in [1.29, 1.82) is 0 Å². The molecule has 0 unspecified atom stereocenters. The molecule has 0 fully saturated rings. The summed E-state index contributed by atoms with van der Waals surface area (Å²) in [6.07, 6.45) is 5.45. The molecule has 32 heavy (non-hydrogen) atoms. The molecule has 3 atom stereocenters. The summed E-state index contributed by atoms with van der Waals surface area (Å²) >= 11 is 0. The third-order valence-corrected chi connectivity index (χ3v) is 16.6. The quantitative estimate of drug-likeness (QED) is 0.246. The second-order valence-electron chi connectivity index (χ2n) is 12.2. The zero-order chi connectivity index (χ0) is 24.7. The van der Waals surface area contributed by atoms with Crippen LogP contribution in [0.4, 0.5) is 5.69 Å². The Morgan fingerprint density at radius 1 is 1.03 bits per heavy atom. The average Bonchev–Trinajstić information content (AvgIpc) is 2.62. The molecule has 0 saturated carbocycles. The van der Waals surface area contributed by atoms with Crippen molar-refractivity contribution in [3.8, 4) is 0 Å².